The van der Waals surface area contributed by atoms with Crippen LogP contribution in [0.5, 0.6) is 0 Å². The van der Waals surface area contributed by atoms with Gasteiger partial charge in [-0.3, -0.25) is 0 Å². The summed E-state index contributed by atoms with van der Waals surface area (Å²) in [4.78, 5) is 0. The largest absolute Gasteiger partial charge is 0.390 e. The van der Waals surface area contributed by atoms with Crippen LogP contribution in [0.15, 0.2) is 30.3 Å². The van der Waals surface area contributed by atoms with Gasteiger partial charge in [-0.25, -0.2) is 0 Å². The Bertz CT molecular complexity index is 479. The molecule has 0 spiro atoms. The second-order valence-electron chi connectivity index (χ2n) is 7.98. The highest BCUT2D eigenvalue weighted by Gasteiger charge is 2.49. The Balaban J connectivity index is 2.21. The fourth-order valence-corrected chi connectivity index (χ4v) is 9.84. The lowest BCUT2D eigenvalue weighted by Crippen LogP contribution is -2.54. The molecular weight excluding hydrogens is 316 g/mol. The van der Waals surface area contributed by atoms with Crippen LogP contribution >= 0.6 is 0 Å². The fourth-order valence-electron chi connectivity index (χ4n) is 4.41. The molecule has 1 aromatic rings. The van der Waals surface area contributed by atoms with Crippen molar-refractivity contribution in [2.75, 3.05) is 0 Å². The molecule has 0 amide bonds. The molecule has 1 fully saturated rings. The molecule has 1 saturated heterocycles. The molecule has 0 saturated carbocycles. The van der Waals surface area contributed by atoms with E-state index in [0.29, 0.717) is 16.6 Å². The zero-order valence-corrected chi connectivity index (χ0v) is 17.0. The summed E-state index contributed by atoms with van der Waals surface area (Å²) in [6, 6.07) is 10.3. The third-order valence-electron chi connectivity index (χ3n) is 5.54. The minimum absolute atomic E-state index is 0.0118. The van der Waals surface area contributed by atoms with Crippen LogP contribution < -0.4 is 0 Å². The van der Waals surface area contributed by atoms with E-state index in [1.54, 1.807) is 0 Å². The number of aliphatic hydroxyl groups excluding tert-OH is 1. The van der Waals surface area contributed by atoms with E-state index < -0.39 is 20.7 Å². The summed E-state index contributed by atoms with van der Waals surface area (Å²) in [6.45, 7) is 13.6. The van der Waals surface area contributed by atoms with Crippen LogP contribution in [0.4, 0.5) is 0 Å². The minimum atomic E-state index is -2.07. The zero-order valence-electron chi connectivity index (χ0n) is 16.0. The van der Waals surface area contributed by atoms with Crippen LogP contribution in [0.25, 0.3) is 0 Å². The second-order valence-corrected chi connectivity index (χ2v) is 13.4. The van der Waals surface area contributed by atoms with E-state index in [2.05, 4.69) is 53.7 Å². The summed E-state index contributed by atoms with van der Waals surface area (Å²) in [6.07, 6.45) is 0.530. The highest BCUT2D eigenvalue weighted by atomic mass is 28.4. The first-order chi connectivity index (χ1) is 11.3. The van der Waals surface area contributed by atoms with Crippen molar-refractivity contribution in [3.63, 3.8) is 0 Å². The average molecular weight is 351 g/mol. The van der Waals surface area contributed by atoms with E-state index in [0.717, 1.165) is 12.8 Å². The number of hydrogen-bond acceptors (Lipinski definition) is 3. The lowest BCUT2D eigenvalue weighted by Gasteiger charge is -2.47. The average Bonchev–Trinajstić information content (AvgIpc) is 2.53. The van der Waals surface area contributed by atoms with Crippen LogP contribution in [0.2, 0.25) is 16.6 Å². The van der Waals surface area contributed by atoms with Gasteiger partial charge in [0.25, 0.3) is 0 Å². The molecule has 0 radical (unpaired) electrons. The van der Waals surface area contributed by atoms with Crippen molar-refractivity contribution in [1.82, 2.24) is 0 Å². The van der Waals surface area contributed by atoms with Crippen molar-refractivity contribution in [1.29, 1.82) is 0 Å². The first kappa shape index (κ1) is 19.6. The number of ether oxygens (including phenoxy) is 1. The predicted molar refractivity (Wildman–Crippen MR) is 101 cm³/mol. The Kier molecular flexibility index (Phi) is 6.65. The van der Waals surface area contributed by atoms with E-state index >= 15 is 0 Å². The molecule has 0 unspecified atom stereocenters. The quantitative estimate of drug-likeness (QED) is 0.696. The van der Waals surface area contributed by atoms with Gasteiger partial charge in [0.05, 0.1) is 6.10 Å². The molecule has 3 nitrogen and oxygen atoms in total. The van der Waals surface area contributed by atoms with Gasteiger partial charge in [0.2, 0.25) is 8.32 Å². The second kappa shape index (κ2) is 8.13. The fraction of sp³-hybridized carbons (Fsp3) is 0.700. The van der Waals surface area contributed by atoms with Gasteiger partial charge in [-0.2, -0.15) is 0 Å². The standard InChI is InChI=1S/C20H34O3Si/c1-14(2)24(15(3)4,16(5)6)23-20-18(21)12-13-19(22-20)17-10-8-7-9-11-17/h7-11,14-16,18-21H,12-13H2,1-6H3/t18-,19+,20+/m1/s1. The monoisotopic (exact) mass is 350 g/mol. The molecule has 1 N–H and O–H groups in total. The van der Waals surface area contributed by atoms with Crippen molar-refractivity contribution >= 4 is 8.32 Å². The third-order valence-corrected chi connectivity index (χ3v) is 11.6. The Hall–Kier alpha value is -0.683. The molecule has 1 heterocycles. The van der Waals surface area contributed by atoms with Crippen LogP contribution in [0.3, 0.4) is 0 Å². The van der Waals surface area contributed by atoms with Gasteiger partial charge in [0.15, 0.2) is 6.29 Å². The summed E-state index contributed by atoms with van der Waals surface area (Å²) in [7, 11) is -2.07. The van der Waals surface area contributed by atoms with Crippen LogP contribution in [-0.2, 0) is 9.16 Å². The summed E-state index contributed by atoms with van der Waals surface area (Å²) in [5.41, 5.74) is 2.60. The molecule has 0 bridgehead atoms. The first-order valence-corrected chi connectivity index (χ1v) is 11.5. The molecule has 24 heavy (non-hydrogen) atoms. The van der Waals surface area contributed by atoms with Crippen molar-refractivity contribution in [3.8, 4) is 0 Å². The molecule has 0 aliphatic carbocycles. The Morgan fingerprint density at radius 2 is 1.50 bits per heavy atom. The van der Waals surface area contributed by atoms with Gasteiger partial charge in [-0.1, -0.05) is 71.9 Å². The van der Waals surface area contributed by atoms with Crippen LogP contribution in [0, 0.1) is 0 Å². The molecule has 1 aliphatic heterocycles. The van der Waals surface area contributed by atoms with Crippen LogP contribution in [-0.4, -0.2) is 25.8 Å². The maximum absolute atomic E-state index is 10.5. The summed E-state index contributed by atoms with van der Waals surface area (Å²) < 4.78 is 12.9. The maximum atomic E-state index is 10.5. The van der Waals surface area contributed by atoms with Crippen molar-refractivity contribution in [3.05, 3.63) is 35.9 Å². The molecule has 1 aliphatic rings. The van der Waals surface area contributed by atoms with Crippen molar-refractivity contribution in [2.24, 2.45) is 0 Å². The number of benzene rings is 1. The molecule has 3 atom stereocenters. The summed E-state index contributed by atoms with van der Waals surface area (Å²) in [5.74, 6) is 0. The molecule has 136 valence electrons. The molecule has 4 heteroatoms. The Morgan fingerprint density at radius 3 is 2.00 bits per heavy atom. The Labute approximate surface area is 148 Å². The number of hydrogen-bond donors (Lipinski definition) is 1. The molecule has 1 aromatic carbocycles. The zero-order chi connectivity index (χ0) is 17.9. The van der Waals surface area contributed by atoms with E-state index in [4.69, 9.17) is 9.16 Å². The lowest BCUT2D eigenvalue weighted by atomic mass is 10.00. The van der Waals surface area contributed by atoms with Gasteiger partial charge >= 0.3 is 0 Å². The topological polar surface area (TPSA) is 38.7 Å². The molecular formula is C20H34O3Si. The van der Waals surface area contributed by atoms with E-state index in [9.17, 15) is 5.11 Å². The maximum Gasteiger partial charge on any atom is 0.203 e. The van der Waals surface area contributed by atoms with Gasteiger partial charge in [-0.15, -0.1) is 0 Å². The van der Waals surface area contributed by atoms with Crippen LogP contribution in [0.1, 0.15) is 66.1 Å². The smallest absolute Gasteiger partial charge is 0.203 e. The predicted octanol–water partition coefficient (Wildman–Crippen LogP) is 5.42. The van der Waals surface area contributed by atoms with Gasteiger partial charge in [-0.05, 0) is 35.0 Å². The van der Waals surface area contributed by atoms with Crippen molar-refractivity contribution < 1.29 is 14.3 Å². The molecule has 0 aromatic heterocycles. The van der Waals surface area contributed by atoms with Gasteiger partial charge in [0.1, 0.15) is 6.10 Å². The molecule has 2 rings (SSSR count). The minimum Gasteiger partial charge on any atom is -0.390 e. The SMILES string of the molecule is CC(C)[Si](O[C@@H]1O[C@H](c2ccccc2)CC[C@H]1O)(C(C)C)C(C)C. The lowest BCUT2D eigenvalue weighted by molar-refractivity contribution is -0.210. The van der Waals surface area contributed by atoms with Crippen molar-refractivity contribution in [2.45, 2.75) is 89.5 Å². The summed E-state index contributed by atoms with van der Waals surface area (Å²) in [5, 5.41) is 10.5. The highest BCUT2D eigenvalue weighted by molar-refractivity contribution is 6.77. The highest BCUT2D eigenvalue weighted by Crippen LogP contribution is 2.45. The number of aliphatic hydroxyl groups is 1. The third kappa shape index (κ3) is 3.93. The van der Waals surface area contributed by atoms with Gasteiger partial charge in [0, 0.05) is 0 Å². The van der Waals surface area contributed by atoms with E-state index in [1.165, 1.54) is 5.56 Å². The normalized spacial score (nSPS) is 25.7. The first-order valence-electron chi connectivity index (χ1n) is 9.35. The Morgan fingerprint density at radius 1 is 0.958 bits per heavy atom. The summed E-state index contributed by atoms with van der Waals surface area (Å²) >= 11 is 0. The van der Waals surface area contributed by atoms with E-state index in [1.807, 2.05) is 18.2 Å². The van der Waals surface area contributed by atoms with Gasteiger partial charge < -0.3 is 14.3 Å². The number of rotatable bonds is 6. The van der Waals surface area contributed by atoms with E-state index in [-0.39, 0.29) is 6.10 Å².